The smallest absolute Gasteiger partial charge is 0.109 e. The second-order valence-electron chi connectivity index (χ2n) is 5.39. The highest BCUT2D eigenvalue weighted by molar-refractivity contribution is 5.45. The number of hydrogen-bond donors (Lipinski definition) is 1. The molecule has 1 aliphatic carbocycles. The van der Waals surface area contributed by atoms with Crippen LogP contribution in [0.3, 0.4) is 0 Å². The molecule has 2 heteroatoms. The molecule has 2 atom stereocenters. The van der Waals surface area contributed by atoms with Gasteiger partial charge in [0.15, 0.2) is 0 Å². The van der Waals surface area contributed by atoms with Crippen LogP contribution in [0.15, 0.2) is 24.3 Å². The molecule has 0 amide bonds. The van der Waals surface area contributed by atoms with Crippen LogP contribution in [0, 0.1) is 17.2 Å². The zero-order valence-corrected chi connectivity index (χ0v) is 10.5. The maximum atomic E-state index is 10.4. The number of hydrogen-bond acceptors (Lipinski definition) is 2. The third kappa shape index (κ3) is 1.96. The van der Waals surface area contributed by atoms with E-state index < -0.39 is 11.5 Å². The average Bonchev–Trinajstić information content (AvgIpc) is 2.68. The number of benzene rings is 1. The van der Waals surface area contributed by atoms with E-state index in [9.17, 15) is 10.4 Å². The number of aliphatic hydroxyl groups excluding tert-OH is 1. The zero-order valence-electron chi connectivity index (χ0n) is 10.5. The maximum absolute atomic E-state index is 10.4. The van der Waals surface area contributed by atoms with Crippen molar-refractivity contribution >= 4 is 0 Å². The van der Waals surface area contributed by atoms with Gasteiger partial charge in [0.25, 0.3) is 0 Å². The lowest BCUT2D eigenvalue weighted by atomic mass is 9.75. The molecule has 0 aliphatic heterocycles. The molecule has 17 heavy (non-hydrogen) atoms. The van der Waals surface area contributed by atoms with Crippen LogP contribution >= 0.6 is 0 Å². The van der Waals surface area contributed by atoms with Gasteiger partial charge in [0, 0.05) is 0 Å². The Morgan fingerprint density at radius 2 is 2.12 bits per heavy atom. The summed E-state index contributed by atoms with van der Waals surface area (Å²) in [6, 6.07) is 10.4. The van der Waals surface area contributed by atoms with Crippen molar-refractivity contribution < 1.29 is 5.11 Å². The monoisotopic (exact) mass is 229 g/mol. The van der Waals surface area contributed by atoms with Crippen LogP contribution in [-0.4, -0.2) is 11.2 Å². The van der Waals surface area contributed by atoms with Crippen LogP contribution < -0.4 is 0 Å². The number of nitriles is 1. The Morgan fingerprint density at radius 1 is 1.41 bits per heavy atom. The van der Waals surface area contributed by atoms with Crippen molar-refractivity contribution in [2.24, 2.45) is 5.92 Å². The van der Waals surface area contributed by atoms with E-state index in [1.165, 1.54) is 5.56 Å². The quantitative estimate of drug-likeness (QED) is 0.866. The first kappa shape index (κ1) is 12.1. The molecule has 1 aromatic rings. The van der Waals surface area contributed by atoms with Crippen LogP contribution in [0.5, 0.6) is 0 Å². The highest BCUT2D eigenvalue weighted by Crippen LogP contribution is 2.42. The molecule has 0 spiro atoms. The lowest BCUT2D eigenvalue weighted by Crippen LogP contribution is -2.37. The molecule has 2 rings (SSSR count). The van der Waals surface area contributed by atoms with E-state index >= 15 is 0 Å². The molecule has 2 unspecified atom stereocenters. The summed E-state index contributed by atoms with van der Waals surface area (Å²) in [5.74, 6) is 0.406. The van der Waals surface area contributed by atoms with Gasteiger partial charge in [-0.2, -0.15) is 5.26 Å². The Kier molecular flexibility index (Phi) is 3.22. The zero-order chi connectivity index (χ0) is 12.5. The summed E-state index contributed by atoms with van der Waals surface area (Å²) in [5, 5.41) is 19.9. The number of aryl methyl sites for hydroxylation is 1. The Bertz CT molecular complexity index is 446. The molecule has 0 fully saturated rings. The Labute approximate surface area is 103 Å². The van der Waals surface area contributed by atoms with E-state index in [1.807, 2.05) is 18.2 Å². The van der Waals surface area contributed by atoms with Crippen LogP contribution in [0.2, 0.25) is 0 Å². The van der Waals surface area contributed by atoms with Crippen molar-refractivity contribution in [3.05, 3.63) is 35.4 Å². The van der Waals surface area contributed by atoms with E-state index in [0.717, 1.165) is 18.4 Å². The lowest BCUT2D eigenvalue weighted by molar-refractivity contribution is 0.0886. The minimum Gasteiger partial charge on any atom is -0.391 e. The molecule has 1 aromatic carbocycles. The van der Waals surface area contributed by atoms with Crippen molar-refractivity contribution in [1.29, 1.82) is 5.26 Å². The Morgan fingerprint density at radius 3 is 2.76 bits per heavy atom. The van der Waals surface area contributed by atoms with Crippen molar-refractivity contribution in [2.45, 2.75) is 44.6 Å². The largest absolute Gasteiger partial charge is 0.391 e. The summed E-state index contributed by atoms with van der Waals surface area (Å²) in [7, 11) is 0. The second kappa shape index (κ2) is 4.50. The minimum atomic E-state index is -0.680. The molecule has 0 saturated carbocycles. The molecule has 0 heterocycles. The van der Waals surface area contributed by atoms with E-state index in [1.54, 1.807) is 0 Å². The molecule has 1 aliphatic rings. The first-order valence-corrected chi connectivity index (χ1v) is 6.28. The first-order chi connectivity index (χ1) is 8.10. The lowest BCUT2D eigenvalue weighted by Gasteiger charge is -2.29. The fourth-order valence-electron chi connectivity index (χ4n) is 2.82. The van der Waals surface area contributed by atoms with Crippen LogP contribution in [0.1, 0.15) is 37.8 Å². The van der Waals surface area contributed by atoms with E-state index in [-0.39, 0.29) is 0 Å². The van der Waals surface area contributed by atoms with Crippen LogP contribution in [0.4, 0.5) is 0 Å². The molecular weight excluding hydrogens is 210 g/mol. The molecule has 90 valence electrons. The van der Waals surface area contributed by atoms with Crippen LogP contribution in [0.25, 0.3) is 0 Å². The molecule has 2 nitrogen and oxygen atoms in total. The van der Waals surface area contributed by atoms with Gasteiger partial charge in [-0.05, 0) is 36.3 Å². The average molecular weight is 229 g/mol. The Hall–Kier alpha value is -1.33. The topological polar surface area (TPSA) is 44.0 Å². The standard InChI is InChI=1S/C15H19NO/c1-11(2)9-14(17)15(10-16)8-7-12-5-3-4-6-13(12)15/h3-6,11,14,17H,7-9H2,1-2H3. The summed E-state index contributed by atoms with van der Waals surface area (Å²) < 4.78 is 0. The molecular formula is C15H19NO. The van der Waals surface area contributed by atoms with E-state index in [4.69, 9.17) is 0 Å². The van der Waals surface area contributed by atoms with Gasteiger partial charge in [-0.1, -0.05) is 38.1 Å². The predicted octanol–water partition coefficient (Wildman–Crippen LogP) is 2.80. The van der Waals surface area contributed by atoms with Gasteiger partial charge in [-0.15, -0.1) is 0 Å². The van der Waals surface area contributed by atoms with Gasteiger partial charge in [-0.25, -0.2) is 0 Å². The van der Waals surface area contributed by atoms with E-state index in [2.05, 4.69) is 26.0 Å². The van der Waals surface area contributed by atoms with Gasteiger partial charge in [0.1, 0.15) is 5.41 Å². The third-order valence-corrected chi connectivity index (χ3v) is 3.75. The summed E-state index contributed by atoms with van der Waals surface area (Å²) >= 11 is 0. The second-order valence-corrected chi connectivity index (χ2v) is 5.39. The number of aliphatic hydroxyl groups is 1. The van der Waals surface area contributed by atoms with E-state index in [0.29, 0.717) is 12.3 Å². The highest BCUT2D eigenvalue weighted by Gasteiger charge is 2.44. The van der Waals surface area contributed by atoms with Gasteiger partial charge in [-0.3, -0.25) is 0 Å². The number of rotatable bonds is 3. The van der Waals surface area contributed by atoms with Crippen molar-refractivity contribution in [3.63, 3.8) is 0 Å². The molecule has 1 N–H and O–H groups in total. The summed E-state index contributed by atoms with van der Waals surface area (Å²) in [6.07, 6.45) is 1.77. The summed E-state index contributed by atoms with van der Waals surface area (Å²) in [6.45, 7) is 4.16. The molecule has 0 bridgehead atoms. The number of nitrogens with zero attached hydrogens (tertiary/aromatic N) is 1. The Balaban J connectivity index is 2.38. The minimum absolute atomic E-state index is 0.406. The van der Waals surface area contributed by atoms with Crippen molar-refractivity contribution in [1.82, 2.24) is 0 Å². The SMILES string of the molecule is CC(C)CC(O)C1(C#N)CCc2ccccc21. The summed E-state index contributed by atoms with van der Waals surface area (Å²) in [4.78, 5) is 0. The fourth-order valence-corrected chi connectivity index (χ4v) is 2.82. The summed E-state index contributed by atoms with van der Waals surface area (Å²) in [5.41, 5.74) is 1.58. The molecule has 0 saturated heterocycles. The van der Waals surface area contributed by atoms with Gasteiger partial charge < -0.3 is 5.11 Å². The number of fused-ring (bicyclic) bond motifs is 1. The molecule has 0 radical (unpaired) electrons. The van der Waals surface area contributed by atoms with Crippen molar-refractivity contribution in [2.75, 3.05) is 0 Å². The highest BCUT2D eigenvalue weighted by atomic mass is 16.3. The normalized spacial score (nSPS) is 24.4. The maximum Gasteiger partial charge on any atom is 0.109 e. The third-order valence-electron chi connectivity index (χ3n) is 3.75. The fraction of sp³-hybridized carbons (Fsp3) is 0.533. The molecule has 0 aromatic heterocycles. The first-order valence-electron chi connectivity index (χ1n) is 6.28. The predicted molar refractivity (Wildman–Crippen MR) is 67.5 cm³/mol. The van der Waals surface area contributed by atoms with Gasteiger partial charge >= 0.3 is 0 Å². The van der Waals surface area contributed by atoms with Gasteiger partial charge in [0.2, 0.25) is 0 Å². The van der Waals surface area contributed by atoms with Crippen molar-refractivity contribution in [3.8, 4) is 6.07 Å². The van der Waals surface area contributed by atoms with Gasteiger partial charge in [0.05, 0.1) is 12.2 Å². The van der Waals surface area contributed by atoms with Crippen LogP contribution in [-0.2, 0) is 11.8 Å².